The van der Waals surface area contributed by atoms with Gasteiger partial charge in [0.2, 0.25) is 0 Å². The van der Waals surface area contributed by atoms with E-state index in [0.29, 0.717) is 10.9 Å². The maximum atomic E-state index is 13.7. The minimum atomic E-state index is -1.09. The van der Waals surface area contributed by atoms with E-state index < -0.39 is 12.1 Å². The molecule has 1 heterocycles. The average molecular weight is 501 g/mol. The second-order valence-corrected chi connectivity index (χ2v) is 9.23. The second-order valence-electron chi connectivity index (χ2n) is 9.23. The first-order chi connectivity index (χ1) is 18.6. The summed E-state index contributed by atoms with van der Waals surface area (Å²) in [5.41, 5.74) is 5.97. The number of hydrogen-bond acceptors (Lipinski definition) is 4. The molecule has 0 saturated carbocycles. The first kappa shape index (κ1) is 23.4. The third-order valence-electron chi connectivity index (χ3n) is 6.95. The summed E-state index contributed by atoms with van der Waals surface area (Å²) in [5.74, 6) is -0.955. The predicted octanol–water partition coefficient (Wildman–Crippen LogP) is 6.89. The van der Waals surface area contributed by atoms with Crippen LogP contribution in [0.3, 0.4) is 0 Å². The number of hydrogen-bond donors (Lipinski definition) is 1. The maximum absolute atomic E-state index is 13.7. The van der Waals surface area contributed by atoms with Crippen molar-refractivity contribution in [2.45, 2.75) is 12.5 Å². The van der Waals surface area contributed by atoms with Gasteiger partial charge in [0.1, 0.15) is 12.4 Å². The van der Waals surface area contributed by atoms with E-state index in [1.165, 1.54) is 11.0 Å². The topological polar surface area (TPSA) is 79.7 Å². The molecule has 0 radical (unpaired) electrons. The van der Waals surface area contributed by atoms with Gasteiger partial charge in [-0.3, -0.25) is 4.90 Å². The van der Waals surface area contributed by atoms with E-state index in [9.17, 15) is 14.7 Å². The monoisotopic (exact) mass is 500 g/mol. The van der Waals surface area contributed by atoms with Crippen LogP contribution in [0.25, 0.3) is 22.0 Å². The third-order valence-corrected chi connectivity index (χ3v) is 6.95. The number of aromatic nitrogens is 1. The maximum Gasteiger partial charge on any atom is 0.415 e. The van der Waals surface area contributed by atoms with E-state index in [2.05, 4.69) is 29.2 Å². The van der Waals surface area contributed by atoms with Crippen molar-refractivity contribution in [2.24, 2.45) is 0 Å². The molecule has 1 amide bonds. The molecule has 6 heteroatoms. The first-order valence-electron chi connectivity index (χ1n) is 12.4. The van der Waals surface area contributed by atoms with Gasteiger partial charge in [-0.25, -0.2) is 14.6 Å². The summed E-state index contributed by atoms with van der Waals surface area (Å²) in [7, 11) is 0. The lowest BCUT2D eigenvalue weighted by Crippen LogP contribution is -2.33. The molecule has 1 aliphatic carbocycles. The SMILES string of the molecule is O=C(O)c1cc(N(Cc2ccccc2)C(=O)OCC2c3ccccc3-c3ccccc32)nc2ccccc12. The van der Waals surface area contributed by atoms with Crippen molar-refractivity contribution in [3.05, 3.63) is 131 Å². The Kier molecular flexibility index (Phi) is 6.06. The number of pyridine rings is 1. The second kappa shape index (κ2) is 9.82. The van der Waals surface area contributed by atoms with Crippen molar-refractivity contribution in [1.29, 1.82) is 0 Å². The van der Waals surface area contributed by atoms with Crippen LogP contribution in [0.15, 0.2) is 109 Å². The van der Waals surface area contributed by atoms with Crippen molar-refractivity contribution < 1.29 is 19.4 Å². The van der Waals surface area contributed by atoms with Gasteiger partial charge in [0.15, 0.2) is 0 Å². The van der Waals surface area contributed by atoms with Crippen molar-refractivity contribution >= 4 is 28.8 Å². The highest BCUT2D eigenvalue weighted by Gasteiger charge is 2.30. The Morgan fingerprint density at radius 3 is 2.08 bits per heavy atom. The fraction of sp³-hybridized carbons (Fsp3) is 0.0938. The highest BCUT2D eigenvalue weighted by molar-refractivity contribution is 6.04. The van der Waals surface area contributed by atoms with Crippen LogP contribution in [-0.2, 0) is 11.3 Å². The van der Waals surface area contributed by atoms with Crippen LogP contribution < -0.4 is 4.90 Å². The Balaban J connectivity index is 1.35. The highest BCUT2D eigenvalue weighted by Crippen LogP contribution is 2.44. The number of amides is 1. The number of carboxylic acids is 1. The number of carbonyl (C=O) groups is 2. The quantitative estimate of drug-likeness (QED) is 0.275. The largest absolute Gasteiger partial charge is 0.478 e. The van der Waals surface area contributed by atoms with Crippen LogP contribution in [0.1, 0.15) is 33.0 Å². The van der Waals surface area contributed by atoms with Gasteiger partial charge in [-0.15, -0.1) is 0 Å². The summed E-state index contributed by atoms with van der Waals surface area (Å²) in [5, 5.41) is 10.4. The summed E-state index contributed by atoms with van der Waals surface area (Å²) in [6, 6.07) is 34.3. The zero-order valence-corrected chi connectivity index (χ0v) is 20.5. The summed E-state index contributed by atoms with van der Waals surface area (Å²) in [6.45, 7) is 0.333. The average Bonchev–Trinajstić information content (AvgIpc) is 3.28. The normalized spacial score (nSPS) is 12.1. The smallest absolute Gasteiger partial charge is 0.415 e. The van der Waals surface area contributed by atoms with Gasteiger partial charge in [-0.2, -0.15) is 0 Å². The number of benzene rings is 4. The zero-order chi connectivity index (χ0) is 26.1. The van der Waals surface area contributed by atoms with Crippen molar-refractivity contribution in [1.82, 2.24) is 4.98 Å². The molecular weight excluding hydrogens is 476 g/mol. The molecule has 1 aromatic heterocycles. The Hall–Kier alpha value is -4.97. The van der Waals surface area contributed by atoms with Gasteiger partial charge >= 0.3 is 12.1 Å². The number of anilines is 1. The van der Waals surface area contributed by atoms with Crippen molar-refractivity contribution in [3.8, 4) is 11.1 Å². The third kappa shape index (κ3) is 4.26. The number of para-hydroxylation sites is 1. The minimum Gasteiger partial charge on any atom is -0.478 e. The number of aromatic carboxylic acids is 1. The van der Waals surface area contributed by atoms with Gasteiger partial charge in [0, 0.05) is 11.3 Å². The Morgan fingerprint density at radius 1 is 0.789 bits per heavy atom. The minimum absolute atomic E-state index is 0.0788. The first-order valence-corrected chi connectivity index (χ1v) is 12.4. The van der Waals surface area contributed by atoms with Gasteiger partial charge in [-0.05, 0) is 39.9 Å². The van der Waals surface area contributed by atoms with Gasteiger partial charge in [-0.1, -0.05) is 97.1 Å². The molecule has 4 aromatic carbocycles. The molecule has 1 aliphatic rings. The Morgan fingerprint density at radius 2 is 1.39 bits per heavy atom. The summed E-state index contributed by atoms with van der Waals surface area (Å²) >= 11 is 0. The lowest BCUT2D eigenvalue weighted by Gasteiger charge is -2.24. The molecule has 0 aliphatic heterocycles. The van der Waals surface area contributed by atoms with Crippen molar-refractivity contribution in [3.63, 3.8) is 0 Å². The predicted molar refractivity (Wildman–Crippen MR) is 146 cm³/mol. The molecular formula is C32H24N2O4. The molecule has 0 atom stereocenters. The standard InChI is InChI=1S/C32H24N2O4/c35-31(36)27-18-30(33-29-17-9-8-16-26(27)29)34(19-21-10-2-1-3-11-21)32(37)38-20-28-24-14-6-4-12-22(24)23-13-5-7-15-25(23)28/h1-18,28H,19-20H2,(H,35,36). The van der Waals surface area contributed by atoms with E-state index in [0.717, 1.165) is 27.8 Å². The highest BCUT2D eigenvalue weighted by atomic mass is 16.6. The number of fused-ring (bicyclic) bond motifs is 4. The van der Waals surface area contributed by atoms with Crippen LogP contribution >= 0.6 is 0 Å². The molecule has 5 aromatic rings. The van der Waals surface area contributed by atoms with Crippen LogP contribution in [0.5, 0.6) is 0 Å². The van der Waals surface area contributed by atoms with E-state index >= 15 is 0 Å². The Labute approximate surface area is 219 Å². The fourth-order valence-corrected chi connectivity index (χ4v) is 5.15. The summed E-state index contributed by atoms with van der Waals surface area (Å²) < 4.78 is 5.94. The number of carboxylic acid groups (broad SMARTS) is 1. The van der Waals surface area contributed by atoms with Crippen LogP contribution in [0, 0.1) is 0 Å². The summed E-state index contributed by atoms with van der Waals surface area (Å²) in [4.78, 5) is 31.8. The number of rotatable bonds is 6. The number of carbonyl (C=O) groups excluding carboxylic acids is 1. The van der Waals surface area contributed by atoms with E-state index in [1.54, 1.807) is 24.3 Å². The summed E-state index contributed by atoms with van der Waals surface area (Å²) in [6.07, 6.45) is -0.588. The molecule has 6 nitrogen and oxygen atoms in total. The number of ether oxygens (including phenoxy) is 1. The van der Waals surface area contributed by atoms with Crippen LogP contribution in [-0.4, -0.2) is 28.8 Å². The molecule has 38 heavy (non-hydrogen) atoms. The lowest BCUT2D eigenvalue weighted by molar-refractivity contribution is 0.0698. The molecule has 0 bridgehead atoms. The lowest BCUT2D eigenvalue weighted by atomic mass is 9.98. The number of nitrogens with zero attached hydrogens (tertiary/aromatic N) is 2. The fourth-order valence-electron chi connectivity index (χ4n) is 5.15. The van der Waals surface area contributed by atoms with E-state index in [4.69, 9.17) is 4.74 Å². The van der Waals surface area contributed by atoms with E-state index in [1.807, 2.05) is 54.6 Å². The molecule has 0 unspecified atom stereocenters. The molecule has 186 valence electrons. The molecule has 0 fully saturated rings. The van der Waals surface area contributed by atoms with Gasteiger partial charge < -0.3 is 9.84 Å². The van der Waals surface area contributed by atoms with Gasteiger partial charge in [0.05, 0.1) is 17.6 Å². The molecule has 1 N–H and O–H groups in total. The molecule has 0 spiro atoms. The zero-order valence-electron chi connectivity index (χ0n) is 20.5. The van der Waals surface area contributed by atoms with E-state index in [-0.39, 0.29) is 30.5 Å². The Bertz CT molecular complexity index is 1620. The van der Waals surface area contributed by atoms with Crippen molar-refractivity contribution in [2.75, 3.05) is 11.5 Å². The molecule has 0 saturated heterocycles. The van der Waals surface area contributed by atoms with Crippen LogP contribution in [0.4, 0.5) is 10.6 Å². The van der Waals surface area contributed by atoms with Crippen LogP contribution in [0.2, 0.25) is 0 Å². The molecule has 6 rings (SSSR count). The van der Waals surface area contributed by atoms with Gasteiger partial charge in [0.25, 0.3) is 0 Å².